The van der Waals surface area contributed by atoms with Gasteiger partial charge in [0.25, 0.3) is 0 Å². The molecule has 110 valence electrons. The number of likely N-dealkylation sites (tertiary alicyclic amines) is 1. The second-order valence-corrected chi connectivity index (χ2v) is 6.76. The van der Waals surface area contributed by atoms with E-state index in [9.17, 15) is 0 Å². The molecule has 5 atom stereocenters. The van der Waals surface area contributed by atoms with E-state index in [4.69, 9.17) is 4.74 Å². The fourth-order valence-electron chi connectivity index (χ4n) is 4.53. The summed E-state index contributed by atoms with van der Waals surface area (Å²) in [5.74, 6) is 0.799. The van der Waals surface area contributed by atoms with Crippen LogP contribution in [0.3, 0.4) is 0 Å². The third kappa shape index (κ3) is 2.98. The van der Waals surface area contributed by atoms with Crippen molar-refractivity contribution in [3.8, 4) is 0 Å². The molecule has 19 heavy (non-hydrogen) atoms. The SMILES string of the molecule is CCN1CC[C@H](N[C@@H]2CCC[C@@H]3OCC[C@H]32)C[C@@H]1C. The average Bonchev–Trinajstić information content (AvgIpc) is 2.88. The van der Waals surface area contributed by atoms with Gasteiger partial charge in [0, 0.05) is 30.7 Å². The van der Waals surface area contributed by atoms with E-state index >= 15 is 0 Å². The van der Waals surface area contributed by atoms with Crippen molar-refractivity contribution >= 4 is 0 Å². The molecule has 3 aliphatic rings. The summed E-state index contributed by atoms with van der Waals surface area (Å²) in [6, 6.07) is 2.21. The number of fused-ring (bicyclic) bond motifs is 1. The lowest BCUT2D eigenvalue weighted by atomic mass is 9.81. The molecule has 2 aliphatic heterocycles. The molecule has 3 heteroatoms. The molecule has 0 amide bonds. The molecule has 0 radical (unpaired) electrons. The van der Waals surface area contributed by atoms with E-state index in [1.54, 1.807) is 0 Å². The predicted molar refractivity (Wildman–Crippen MR) is 78.4 cm³/mol. The topological polar surface area (TPSA) is 24.5 Å². The van der Waals surface area contributed by atoms with E-state index in [1.165, 1.54) is 51.6 Å². The number of rotatable bonds is 3. The van der Waals surface area contributed by atoms with E-state index in [1.807, 2.05) is 0 Å². The summed E-state index contributed by atoms with van der Waals surface area (Å²) in [5, 5.41) is 4.00. The molecular weight excluding hydrogens is 236 g/mol. The van der Waals surface area contributed by atoms with Crippen LogP contribution in [-0.2, 0) is 4.74 Å². The number of nitrogens with one attached hydrogen (secondary N) is 1. The van der Waals surface area contributed by atoms with Gasteiger partial charge in [-0.15, -0.1) is 0 Å². The third-order valence-corrected chi connectivity index (χ3v) is 5.65. The lowest BCUT2D eigenvalue weighted by molar-refractivity contribution is 0.0464. The minimum Gasteiger partial charge on any atom is -0.378 e. The Bertz CT molecular complexity index is 296. The molecule has 0 spiro atoms. The number of ether oxygens (including phenoxy) is 1. The number of hydrogen-bond acceptors (Lipinski definition) is 3. The van der Waals surface area contributed by atoms with Gasteiger partial charge in [0.05, 0.1) is 6.10 Å². The van der Waals surface area contributed by atoms with Gasteiger partial charge >= 0.3 is 0 Å². The summed E-state index contributed by atoms with van der Waals surface area (Å²) in [5.41, 5.74) is 0. The van der Waals surface area contributed by atoms with Crippen LogP contribution < -0.4 is 5.32 Å². The van der Waals surface area contributed by atoms with Crippen molar-refractivity contribution in [1.29, 1.82) is 0 Å². The zero-order valence-corrected chi connectivity index (χ0v) is 12.6. The quantitative estimate of drug-likeness (QED) is 0.849. The molecule has 0 aromatic heterocycles. The highest BCUT2D eigenvalue weighted by molar-refractivity contribution is 4.93. The maximum absolute atomic E-state index is 5.88. The van der Waals surface area contributed by atoms with Crippen molar-refractivity contribution in [2.75, 3.05) is 19.7 Å². The highest BCUT2D eigenvalue weighted by Gasteiger charge is 2.38. The first-order chi connectivity index (χ1) is 9.28. The summed E-state index contributed by atoms with van der Waals surface area (Å²) in [6.45, 7) is 8.15. The van der Waals surface area contributed by atoms with Crippen LogP contribution in [0.1, 0.15) is 52.4 Å². The van der Waals surface area contributed by atoms with Gasteiger partial charge < -0.3 is 15.0 Å². The summed E-state index contributed by atoms with van der Waals surface area (Å²) >= 11 is 0. The van der Waals surface area contributed by atoms with Crippen LogP contribution in [-0.4, -0.2) is 48.8 Å². The van der Waals surface area contributed by atoms with Gasteiger partial charge in [-0.3, -0.25) is 0 Å². The fourth-order valence-corrected chi connectivity index (χ4v) is 4.53. The lowest BCUT2D eigenvalue weighted by Crippen LogP contribution is -2.53. The van der Waals surface area contributed by atoms with Crippen LogP contribution in [0.5, 0.6) is 0 Å². The summed E-state index contributed by atoms with van der Waals surface area (Å²) < 4.78 is 5.88. The van der Waals surface area contributed by atoms with Crippen molar-refractivity contribution in [2.24, 2.45) is 5.92 Å². The molecule has 2 heterocycles. The van der Waals surface area contributed by atoms with E-state index in [2.05, 4.69) is 24.1 Å². The maximum atomic E-state index is 5.88. The standard InChI is InChI=1S/C16H30N2O/c1-3-18-9-7-13(11-12(18)2)17-15-5-4-6-16-14(15)8-10-19-16/h12-17H,3-11H2,1-2H3/t12-,13-,14-,15+,16-/m0/s1. The lowest BCUT2D eigenvalue weighted by Gasteiger charge is -2.41. The average molecular weight is 266 g/mol. The molecule has 0 aromatic carbocycles. The molecule has 3 fully saturated rings. The molecule has 0 unspecified atom stereocenters. The van der Waals surface area contributed by atoms with Crippen LogP contribution in [0.2, 0.25) is 0 Å². The Morgan fingerprint density at radius 1 is 1.21 bits per heavy atom. The Morgan fingerprint density at radius 3 is 2.89 bits per heavy atom. The van der Waals surface area contributed by atoms with Crippen molar-refractivity contribution in [3.05, 3.63) is 0 Å². The largest absolute Gasteiger partial charge is 0.378 e. The van der Waals surface area contributed by atoms with Gasteiger partial charge in [-0.05, 0) is 58.5 Å². The van der Waals surface area contributed by atoms with Crippen LogP contribution in [0.15, 0.2) is 0 Å². The molecule has 0 bridgehead atoms. The highest BCUT2D eigenvalue weighted by atomic mass is 16.5. The fraction of sp³-hybridized carbons (Fsp3) is 1.00. The van der Waals surface area contributed by atoms with Gasteiger partial charge in [-0.25, -0.2) is 0 Å². The number of piperidine rings is 1. The molecule has 2 saturated heterocycles. The molecule has 1 aliphatic carbocycles. The minimum absolute atomic E-state index is 0.569. The summed E-state index contributed by atoms with van der Waals surface area (Å²) in [6.07, 6.45) is 8.52. The van der Waals surface area contributed by atoms with Crippen LogP contribution in [0.4, 0.5) is 0 Å². The molecule has 1 saturated carbocycles. The van der Waals surface area contributed by atoms with Crippen LogP contribution in [0, 0.1) is 5.92 Å². The zero-order chi connectivity index (χ0) is 13.2. The smallest absolute Gasteiger partial charge is 0.0619 e. The Morgan fingerprint density at radius 2 is 2.11 bits per heavy atom. The van der Waals surface area contributed by atoms with E-state index in [0.29, 0.717) is 6.10 Å². The molecule has 0 aromatic rings. The minimum atomic E-state index is 0.569. The zero-order valence-electron chi connectivity index (χ0n) is 12.6. The molecule has 3 nitrogen and oxygen atoms in total. The van der Waals surface area contributed by atoms with Gasteiger partial charge in [0.2, 0.25) is 0 Å². The Balaban J connectivity index is 1.53. The van der Waals surface area contributed by atoms with Crippen molar-refractivity contribution in [2.45, 2.75) is 76.6 Å². The number of nitrogens with zero attached hydrogens (tertiary/aromatic N) is 1. The normalized spacial score (nSPS) is 44.2. The Hall–Kier alpha value is -0.120. The van der Waals surface area contributed by atoms with Crippen LogP contribution in [0.25, 0.3) is 0 Å². The summed E-state index contributed by atoms with van der Waals surface area (Å²) in [7, 11) is 0. The first-order valence-corrected chi connectivity index (χ1v) is 8.39. The molecule has 3 rings (SSSR count). The highest BCUT2D eigenvalue weighted by Crippen LogP contribution is 2.35. The van der Waals surface area contributed by atoms with Crippen molar-refractivity contribution in [1.82, 2.24) is 10.2 Å². The van der Waals surface area contributed by atoms with Gasteiger partial charge in [0.1, 0.15) is 0 Å². The van der Waals surface area contributed by atoms with Crippen molar-refractivity contribution in [3.63, 3.8) is 0 Å². The van der Waals surface area contributed by atoms with Gasteiger partial charge in [0.15, 0.2) is 0 Å². The van der Waals surface area contributed by atoms with Crippen LogP contribution >= 0.6 is 0 Å². The Kier molecular flexibility index (Phi) is 4.45. The maximum Gasteiger partial charge on any atom is 0.0619 e. The third-order valence-electron chi connectivity index (χ3n) is 5.65. The van der Waals surface area contributed by atoms with E-state index in [0.717, 1.165) is 30.7 Å². The van der Waals surface area contributed by atoms with Gasteiger partial charge in [-0.2, -0.15) is 0 Å². The van der Waals surface area contributed by atoms with E-state index < -0.39 is 0 Å². The molecular formula is C16H30N2O. The first kappa shape index (κ1) is 13.8. The molecule has 1 N–H and O–H groups in total. The first-order valence-electron chi connectivity index (χ1n) is 8.39. The number of hydrogen-bond donors (Lipinski definition) is 1. The van der Waals surface area contributed by atoms with E-state index in [-0.39, 0.29) is 0 Å². The van der Waals surface area contributed by atoms with Gasteiger partial charge in [-0.1, -0.05) is 6.92 Å². The summed E-state index contributed by atoms with van der Waals surface area (Å²) in [4.78, 5) is 2.61. The second-order valence-electron chi connectivity index (χ2n) is 6.76. The Labute approximate surface area is 118 Å². The monoisotopic (exact) mass is 266 g/mol. The van der Waals surface area contributed by atoms with Crippen molar-refractivity contribution < 1.29 is 4.74 Å². The predicted octanol–water partition coefficient (Wildman–Crippen LogP) is 2.41. The second kappa shape index (κ2) is 6.11.